The normalized spacial score (nSPS) is 17.8. The molecule has 0 bridgehead atoms. The minimum Gasteiger partial charge on any atom is -0.460 e. The molecule has 0 aromatic carbocycles. The van der Waals surface area contributed by atoms with Gasteiger partial charge in [-0.15, -0.1) is 9.78 Å². The van der Waals surface area contributed by atoms with Gasteiger partial charge in [0.25, 0.3) is 0 Å². The first-order valence-electron chi connectivity index (χ1n) is 6.79. The lowest BCUT2D eigenvalue weighted by molar-refractivity contribution is 0.149. The molecule has 2 aromatic rings. The highest BCUT2D eigenvalue weighted by Gasteiger charge is 2.24. The highest BCUT2D eigenvalue weighted by Crippen LogP contribution is 2.28. The standard InChI is InChI=1S/C12H15N5O4S/c1-2-3-7-10-11(16(6-19)14-7)12(20)17(15-13-10)8-5-22-9(4-18)21-8/h5,9,18-19H,2-4,6H2,1H3. The number of thioether (sulfide) groups is 1. The highest BCUT2D eigenvalue weighted by molar-refractivity contribution is 8.03. The zero-order valence-electron chi connectivity index (χ0n) is 11.8. The Morgan fingerprint density at radius 3 is 2.91 bits per heavy atom. The third-order valence-electron chi connectivity index (χ3n) is 3.18. The molecule has 0 saturated carbocycles. The maximum atomic E-state index is 12.6. The van der Waals surface area contributed by atoms with Crippen LogP contribution in [-0.4, -0.2) is 47.0 Å². The molecule has 1 atom stereocenters. The van der Waals surface area contributed by atoms with Crippen LogP contribution in [0, 0.1) is 0 Å². The number of aliphatic hydroxyl groups excluding tert-OH is 2. The second-order valence-corrected chi connectivity index (χ2v) is 5.70. The molecule has 10 heteroatoms. The van der Waals surface area contributed by atoms with E-state index < -0.39 is 17.7 Å². The van der Waals surface area contributed by atoms with Crippen LogP contribution in [0.15, 0.2) is 10.2 Å². The topological polar surface area (TPSA) is 115 Å². The summed E-state index contributed by atoms with van der Waals surface area (Å²) in [5, 5.41) is 32.2. The Kier molecular flexibility index (Phi) is 4.14. The lowest BCUT2D eigenvalue weighted by Crippen LogP contribution is -2.26. The third-order valence-corrected chi connectivity index (χ3v) is 4.06. The first kappa shape index (κ1) is 15.0. The van der Waals surface area contributed by atoms with E-state index in [0.29, 0.717) is 17.6 Å². The van der Waals surface area contributed by atoms with Gasteiger partial charge in [0, 0.05) is 5.41 Å². The summed E-state index contributed by atoms with van der Waals surface area (Å²) in [5.74, 6) is 0.200. The zero-order valence-corrected chi connectivity index (χ0v) is 12.7. The Bertz CT molecular complexity index is 784. The fraction of sp³-hybridized carbons (Fsp3) is 0.500. The molecule has 0 saturated heterocycles. The number of aromatic nitrogens is 5. The van der Waals surface area contributed by atoms with E-state index in [1.54, 1.807) is 5.41 Å². The Morgan fingerprint density at radius 1 is 1.45 bits per heavy atom. The quantitative estimate of drug-likeness (QED) is 0.772. The van der Waals surface area contributed by atoms with Crippen LogP contribution < -0.4 is 5.56 Å². The van der Waals surface area contributed by atoms with Gasteiger partial charge in [-0.25, -0.2) is 4.68 Å². The monoisotopic (exact) mass is 325 g/mol. The Balaban J connectivity index is 2.12. The van der Waals surface area contributed by atoms with Gasteiger partial charge in [-0.2, -0.15) is 5.10 Å². The van der Waals surface area contributed by atoms with Crippen LogP contribution in [-0.2, 0) is 17.9 Å². The van der Waals surface area contributed by atoms with Crippen molar-refractivity contribution in [1.82, 2.24) is 24.8 Å². The van der Waals surface area contributed by atoms with Crippen LogP contribution in [0.4, 0.5) is 0 Å². The lowest BCUT2D eigenvalue weighted by atomic mass is 10.2. The molecule has 2 N–H and O–H groups in total. The fourth-order valence-corrected chi connectivity index (χ4v) is 2.87. The Labute approximate surface area is 129 Å². The smallest absolute Gasteiger partial charge is 0.303 e. The number of nitrogens with zero attached hydrogens (tertiary/aromatic N) is 5. The maximum Gasteiger partial charge on any atom is 0.303 e. The SMILES string of the molecule is CCCc1nn(CO)c2c(=O)n(C3=CSC(CO)O3)nnc12. The average Bonchev–Trinajstić information content (AvgIpc) is 3.13. The number of hydrogen-bond acceptors (Lipinski definition) is 8. The minimum atomic E-state index is -0.473. The summed E-state index contributed by atoms with van der Waals surface area (Å²) in [6.07, 6.45) is 1.48. The molecule has 9 nitrogen and oxygen atoms in total. The van der Waals surface area contributed by atoms with Crippen molar-refractivity contribution in [1.29, 1.82) is 0 Å². The van der Waals surface area contributed by atoms with Crippen LogP contribution in [0.3, 0.4) is 0 Å². The number of ether oxygens (including phenoxy) is 1. The van der Waals surface area contributed by atoms with E-state index in [4.69, 9.17) is 9.84 Å². The summed E-state index contributed by atoms with van der Waals surface area (Å²) < 4.78 is 7.61. The number of aryl methyl sites for hydroxylation is 1. The van der Waals surface area contributed by atoms with Crippen molar-refractivity contribution >= 4 is 28.7 Å². The molecule has 0 aliphatic carbocycles. The summed E-state index contributed by atoms with van der Waals surface area (Å²) in [5.41, 5.74) is 0.273. The molecule has 2 aromatic heterocycles. The number of rotatable bonds is 5. The van der Waals surface area contributed by atoms with Gasteiger partial charge < -0.3 is 14.9 Å². The molecule has 3 heterocycles. The Hall–Kier alpha value is -1.91. The van der Waals surface area contributed by atoms with Crippen molar-refractivity contribution in [2.24, 2.45) is 0 Å². The summed E-state index contributed by atoms with van der Waals surface area (Å²) in [7, 11) is 0. The molecule has 1 aliphatic heterocycles. The van der Waals surface area contributed by atoms with Crippen LogP contribution in [0.2, 0.25) is 0 Å². The van der Waals surface area contributed by atoms with Crippen LogP contribution >= 0.6 is 11.8 Å². The largest absolute Gasteiger partial charge is 0.460 e. The number of hydrogen-bond donors (Lipinski definition) is 2. The molecule has 22 heavy (non-hydrogen) atoms. The van der Waals surface area contributed by atoms with Gasteiger partial charge in [0.15, 0.2) is 11.0 Å². The number of fused-ring (bicyclic) bond motifs is 1. The second kappa shape index (κ2) is 6.07. The molecule has 118 valence electrons. The van der Waals surface area contributed by atoms with E-state index in [-0.39, 0.29) is 18.0 Å². The average molecular weight is 325 g/mol. The van der Waals surface area contributed by atoms with Gasteiger partial charge in [-0.3, -0.25) is 4.79 Å². The molecule has 0 spiro atoms. The van der Waals surface area contributed by atoms with Gasteiger partial charge in [-0.05, 0) is 6.42 Å². The summed E-state index contributed by atoms with van der Waals surface area (Å²) >= 11 is 1.25. The zero-order chi connectivity index (χ0) is 15.7. The van der Waals surface area contributed by atoms with Crippen LogP contribution in [0.1, 0.15) is 19.0 Å². The summed E-state index contributed by atoms with van der Waals surface area (Å²) in [6.45, 7) is 1.39. The van der Waals surface area contributed by atoms with Crippen molar-refractivity contribution in [3.63, 3.8) is 0 Å². The van der Waals surface area contributed by atoms with Crippen LogP contribution in [0.25, 0.3) is 16.9 Å². The van der Waals surface area contributed by atoms with Gasteiger partial charge in [0.1, 0.15) is 12.2 Å². The van der Waals surface area contributed by atoms with Gasteiger partial charge in [0.2, 0.25) is 5.88 Å². The van der Waals surface area contributed by atoms with Crippen molar-refractivity contribution in [3.8, 4) is 0 Å². The van der Waals surface area contributed by atoms with Crippen molar-refractivity contribution in [3.05, 3.63) is 21.5 Å². The third kappa shape index (κ3) is 2.38. The molecule has 1 unspecified atom stereocenters. The summed E-state index contributed by atoms with van der Waals surface area (Å²) in [4.78, 5) is 12.6. The minimum absolute atomic E-state index is 0.176. The van der Waals surface area contributed by atoms with E-state index in [2.05, 4.69) is 15.4 Å². The van der Waals surface area contributed by atoms with E-state index >= 15 is 0 Å². The molecule has 3 rings (SSSR count). The fourth-order valence-electron chi connectivity index (χ4n) is 2.21. The Morgan fingerprint density at radius 2 is 2.27 bits per heavy atom. The van der Waals surface area contributed by atoms with Gasteiger partial charge in [-0.1, -0.05) is 30.3 Å². The molecular formula is C12H15N5O4S. The first-order valence-corrected chi connectivity index (χ1v) is 7.73. The predicted octanol–water partition coefficient (Wildman–Crippen LogP) is -0.272. The molecular weight excluding hydrogens is 310 g/mol. The van der Waals surface area contributed by atoms with Crippen molar-refractivity contribution in [2.75, 3.05) is 6.61 Å². The first-order chi connectivity index (χ1) is 10.7. The highest BCUT2D eigenvalue weighted by atomic mass is 32.2. The van der Waals surface area contributed by atoms with Crippen LogP contribution in [0.5, 0.6) is 0 Å². The van der Waals surface area contributed by atoms with E-state index in [1.807, 2.05) is 6.92 Å². The van der Waals surface area contributed by atoms with E-state index in [0.717, 1.165) is 11.1 Å². The maximum absolute atomic E-state index is 12.6. The van der Waals surface area contributed by atoms with Crippen molar-refractivity contribution in [2.45, 2.75) is 31.9 Å². The summed E-state index contributed by atoms with van der Waals surface area (Å²) in [6, 6.07) is 0. The molecule has 0 amide bonds. The number of aliphatic hydroxyl groups is 2. The van der Waals surface area contributed by atoms with Crippen molar-refractivity contribution < 1.29 is 14.9 Å². The van der Waals surface area contributed by atoms with Gasteiger partial charge in [0.05, 0.1) is 12.3 Å². The second-order valence-electron chi connectivity index (χ2n) is 4.66. The molecule has 1 aliphatic rings. The van der Waals surface area contributed by atoms with Gasteiger partial charge >= 0.3 is 5.56 Å². The predicted molar refractivity (Wildman–Crippen MR) is 79.6 cm³/mol. The molecule has 0 fully saturated rings. The molecule has 0 radical (unpaired) electrons. The van der Waals surface area contributed by atoms with E-state index in [9.17, 15) is 9.90 Å². The lowest BCUT2D eigenvalue weighted by Gasteiger charge is -2.09. The van der Waals surface area contributed by atoms with E-state index in [1.165, 1.54) is 16.4 Å².